The molecule has 4 nitrogen and oxygen atoms in total. The number of fused-ring (bicyclic) bond motifs is 1. The minimum Gasteiger partial charge on any atom is -0.463 e. The second kappa shape index (κ2) is 4.39. The third-order valence-corrected chi connectivity index (χ3v) is 3.13. The predicted molar refractivity (Wildman–Crippen MR) is 69.5 cm³/mol. The third kappa shape index (κ3) is 2.19. The molecule has 1 N–H and O–H groups in total. The van der Waals surface area contributed by atoms with Crippen molar-refractivity contribution in [1.29, 1.82) is 0 Å². The highest BCUT2D eigenvalue weighted by atomic mass is 32.1. The van der Waals surface area contributed by atoms with Crippen LogP contribution < -0.4 is 5.43 Å². The first-order valence-corrected chi connectivity index (χ1v) is 5.91. The molecular weight excluding hydrogens is 234 g/mol. The molecular formula is C12H9N3OS. The van der Waals surface area contributed by atoms with E-state index in [-0.39, 0.29) is 0 Å². The molecule has 5 heteroatoms. The number of benzene rings is 1. The van der Waals surface area contributed by atoms with Gasteiger partial charge in [0.1, 0.15) is 5.76 Å². The molecule has 0 fully saturated rings. The van der Waals surface area contributed by atoms with Gasteiger partial charge in [-0.25, -0.2) is 4.98 Å². The number of anilines is 1. The summed E-state index contributed by atoms with van der Waals surface area (Å²) >= 11 is 1.57. The van der Waals surface area contributed by atoms with Crippen molar-refractivity contribution < 1.29 is 4.42 Å². The monoisotopic (exact) mass is 243 g/mol. The molecule has 3 aromatic rings. The van der Waals surface area contributed by atoms with Crippen molar-refractivity contribution in [2.24, 2.45) is 5.10 Å². The second-order valence-electron chi connectivity index (χ2n) is 3.37. The average Bonchev–Trinajstić information content (AvgIpc) is 2.96. The van der Waals surface area contributed by atoms with E-state index >= 15 is 0 Å². The van der Waals surface area contributed by atoms with E-state index < -0.39 is 0 Å². The van der Waals surface area contributed by atoms with Crippen LogP contribution in [-0.4, -0.2) is 11.2 Å². The van der Waals surface area contributed by atoms with Crippen LogP contribution in [0.1, 0.15) is 5.76 Å². The molecule has 0 atom stereocenters. The third-order valence-electron chi connectivity index (χ3n) is 2.19. The molecule has 0 aliphatic carbocycles. The zero-order valence-electron chi connectivity index (χ0n) is 8.83. The summed E-state index contributed by atoms with van der Waals surface area (Å²) in [7, 11) is 0. The Labute approximate surface area is 102 Å². The van der Waals surface area contributed by atoms with Crippen LogP contribution in [0.3, 0.4) is 0 Å². The van der Waals surface area contributed by atoms with Gasteiger partial charge >= 0.3 is 0 Å². The minimum absolute atomic E-state index is 0.707. The van der Waals surface area contributed by atoms with E-state index in [1.54, 1.807) is 23.8 Å². The van der Waals surface area contributed by atoms with Crippen molar-refractivity contribution in [3.8, 4) is 0 Å². The lowest BCUT2D eigenvalue weighted by Gasteiger charge is -1.90. The summed E-state index contributed by atoms with van der Waals surface area (Å²) in [5.41, 5.74) is 3.87. The topological polar surface area (TPSA) is 50.4 Å². The maximum absolute atomic E-state index is 5.12. The molecule has 0 saturated carbocycles. The van der Waals surface area contributed by atoms with Gasteiger partial charge in [-0.05, 0) is 24.3 Å². The molecule has 0 aliphatic heterocycles. The molecule has 84 valence electrons. The van der Waals surface area contributed by atoms with Gasteiger partial charge in [-0.1, -0.05) is 23.5 Å². The number of nitrogens with one attached hydrogen (secondary N) is 1. The van der Waals surface area contributed by atoms with Gasteiger partial charge in [-0.15, -0.1) is 0 Å². The molecule has 0 radical (unpaired) electrons. The number of para-hydroxylation sites is 1. The maximum Gasteiger partial charge on any atom is 0.204 e. The number of rotatable bonds is 3. The van der Waals surface area contributed by atoms with E-state index in [1.807, 2.05) is 36.4 Å². The Morgan fingerprint density at radius 1 is 1.24 bits per heavy atom. The van der Waals surface area contributed by atoms with Crippen LogP contribution in [0.5, 0.6) is 0 Å². The Kier molecular flexibility index (Phi) is 2.59. The van der Waals surface area contributed by atoms with Gasteiger partial charge in [0, 0.05) is 0 Å². The van der Waals surface area contributed by atoms with Crippen LogP contribution in [0.4, 0.5) is 5.13 Å². The zero-order valence-corrected chi connectivity index (χ0v) is 9.65. The highest BCUT2D eigenvalue weighted by molar-refractivity contribution is 7.22. The molecule has 2 aromatic heterocycles. The minimum atomic E-state index is 0.707. The lowest BCUT2D eigenvalue weighted by molar-refractivity contribution is 0.560. The quantitative estimate of drug-likeness (QED) is 0.567. The molecule has 2 heterocycles. The second-order valence-corrected chi connectivity index (χ2v) is 4.40. The first-order valence-electron chi connectivity index (χ1n) is 5.10. The summed E-state index contributed by atoms with van der Waals surface area (Å²) in [5, 5.41) is 4.83. The molecule has 1 aromatic carbocycles. The molecule has 0 spiro atoms. The van der Waals surface area contributed by atoms with E-state index in [2.05, 4.69) is 15.5 Å². The largest absolute Gasteiger partial charge is 0.463 e. The zero-order chi connectivity index (χ0) is 11.5. The van der Waals surface area contributed by atoms with Crippen LogP contribution >= 0.6 is 11.3 Å². The smallest absolute Gasteiger partial charge is 0.204 e. The normalized spacial score (nSPS) is 11.3. The van der Waals surface area contributed by atoms with Gasteiger partial charge in [-0.2, -0.15) is 5.10 Å². The van der Waals surface area contributed by atoms with Crippen LogP contribution in [0.15, 0.2) is 52.2 Å². The van der Waals surface area contributed by atoms with Gasteiger partial charge in [0.25, 0.3) is 0 Å². The average molecular weight is 243 g/mol. The summed E-state index contributed by atoms with van der Waals surface area (Å²) in [6, 6.07) is 11.6. The number of hydrazone groups is 1. The number of furan rings is 1. The van der Waals surface area contributed by atoms with Gasteiger partial charge in [0.15, 0.2) is 0 Å². The van der Waals surface area contributed by atoms with Gasteiger partial charge in [-0.3, -0.25) is 5.43 Å². The molecule has 0 bridgehead atoms. The summed E-state index contributed by atoms with van der Waals surface area (Å²) in [6.07, 6.45) is 3.23. The summed E-state index contributed by atoms with van der Waals surface area (Å²) in [4.78, 5) is 4.39. The van der Waals surface area contributed by atoms with E-state index in [9.17, 15) is 0 Å². The van der Waals surface area contributed by atoms with Crippen molar-refractivity contribution in [1.82, 2.24) is 4.98 Å². The van der Waals surface area contributed by atoms with Gasteiger partial charge < -0.3 is 4.42 Å². The molecule has 0 aliphatic rings. The summed E-state index contributed by atoms with van der Waals surface area (Å²) in [5.74, 6) is 0.707. The van der Waals surface area contributed by atoms with Gasteiger partial charge in [0.2, 0.25) is 5.13 Å². The fourth-order valence-corrected chi connectivity index (χ4v) is 2.25. The van der Waals surface area contributed by atoms with E-state index in [0.29, 0.717) is 5.76 Å². The van der Waals surface area contributed by atoms with Gasteiger partial charge in [0.05, 0.1) is 22.7 Å². The number of aromatic nitrogens is 1. The highest BCUT2D eigenvalue weighted by Gasteiger charge is 2.00. The molecule has 3 rings (SSSR count). The standard InChI is InChI=1S/C12H9N3OS/c1-2-6-11-10(5-1)14-12(17-11)15-13-8-9-4-3-7-16-9/h1-8H,(H,14,15)/b13-8-. The van der Waals surface area contributed by atoms with Crippen molar-refractivity contribution >= 4 is 32.9 Å². The highest BCUT2D eigenvalue weighted by Crippen LogP contribution is 2.25. The first-order chi connectivity index (χ1) is 8.42. The molecule has 0 saturated heterocycles. The van der Waals surface area contributed by atoms with Crippen LogP contribution in [-0.2, 0) is 0 Å². The Balaban J connectivity index is 1.77. The Morgan fingerprint density at radius 2 is 2.18 bits per heavy atom. The number of hydrogen-bond donors (Lipinski definition) is 1. The van der Waals surface area contributed by atoms with Crippen LogP contribution in [0.25, 0.3) is 10.2 Å². The van der Waals surface area contributed by atoms with E-state index in [0.717, 1.165) is 15.3 Å². The van der Waals surface area contributed by atoms with Crippen molar-refractivity contribution in [3.05, 3.63) is 48.4 Å². The molecule has 0 unspecified atom stereocenters. The predicted octanol–water partition coefficient (Wildman–Crippen LogP) is 3.34. The van der Waals surface area contributed by atoms with Crippen LogP contribution in [0.2, 0.25) is 0 Å². The van der Waals surface area contributed by atoms with E-state index in [1.165, 1.54) is 0 Å². The number of nitrogens with zero attached hydrogens (tertiary/aromatic N) is 2. The Hall–Kier alpha value is -2.14. The Bertz CT molecular complexity index is 610. The number of hydrogen-bond acceptors (Lipinski definition) is 5. The maximum atomic E-state index is 5.12. The Morgan fingerprint density at radius 3 is 3.00 bits per heavy atom. The summed E-state index contributed by atoms with van der Waals surface area (Å²) in [6.45, 7) is 0. The fraction of sp³-hybridized carbons (Fsp3) is 0. The van der Waals surface area contributed by atoms with E-state index in [4.69, 9.17) is 4.42 Å². The van der Waals surface area contributed by atoms with Crippen molar-refractivity contribution in [2.75, 3.05) is 5.43 Å². The lowest BCUT2D eigenvalue weighted by atomic mass is 10.3. The first kappa shape index (κ1) is 10.0. The molecule has 0 amide bonds. The number of thiazole rings is 1. The SMILES string of the molecule is C(=N/Nc1nc2ccccc2s1)/c1ccco1. The van der Waals surface area contributed by atoms with Crippen molar-refractivity contribution in [3.63, 3.8) is 0 Å². The molecule has 17 heavy (non-hydrogen) atoms. The van der Waals surface area contributed by atoms with Crippen LogP contribution in [0, 0.1) is 0 Å². The lowest BCUT2D eigenvalue weighted by Crippen LogP contribution is -1.88. The van der Waals surface area contributed by atoms with Crippen molar-refractivity contribution in [2.45, 2.75) is 0 Å². The summed E-state index contributed by atoms with van der Waals surface area (Å²) < 4.78 is 6.27. The fourth-order valence-electron chi connectivity index (χ4n) is 1.44.